The van der Waals surface area contributed by atoms with Crippen molar-refractivity contribution in [2.75, 3.05) is 19.7 Å². The van der Waals surface area contributed by atoms with Gasteiger partial charge in [-0.25, -0.2) is 0 Å². The van der Waals surface area contributed by atoms with Crippen molar-refractivity contribution in [3.05, 3.63) is 0 Å². The molecule has 3 nitrogen and oxygen atoms in total. The highest BCUT2D eigenvalue weighted by molar-refractivity contribution is 5.13. The van der Waals surface area contributed by atoms with Crippen LogP contribution < -0.4 is 0 Å². The number of rotatable bonds is 2. The molecule has 2 heterocycles. The van der Waals surface area contributed by atoms with Gasteiger partial charge in [-0.15, -0.1) is 0 Å². The smallest absolute Gasteiger partial charge is 0.114 e. The molecule has 96 valence electrons. The zero-order valence-electron chi connectivity index (χ0n) is 11.2. The lowest BCUT2D eigenvalue weighted by molar-refractivity contribution is -0.117. The van der Waals surface area contributed by atoms with Gasteiger partial charge in [0, 0.05) is 12.8 Å². The summed E-state index contributed by atoms with van der Waals surface area (Å²) in [4.78, 5) is 2.42. The van der Waals surface area contributed by atoms with E-state index in [9.17, 15) is 5.26 Å². The molecule has 2 fully saturated rings. The molecule has 2 rings (SSSR count). The third-order valence-corrected chi connectivity index (χ3v) is 4.55. The summed E-state index contributed by atoms with van der Waals surface area (Å²) in [5.41, 5.74) is -0.366. The summed E-state index contributed by atoms with van der Waals surface area (Å²) in [5, 5.41) is 9.67. The molecular weight excluding hydrogens is 212 g/mol. The molecule has 17 heavy (non-hydrogen) atoms. The standard InChI is InChI=1S/C14H24N2O/c1-3-13(2)11-14(12-15,7-10-17-13)16-8-5-4-6-9-16/h3-11H2,1-2H3. The predicted octanol–water partition coefficient (Wildman–Crippen LogP) is 2.71. The van der Waals surface area contributed by atoms with E-state index in [4.69, 9.17) is 4.74 Å². The van der Waals surface area contributed by atoms with Gasteiger partial charge in [0.15, 0.2) is 0 Å². The number of piperidine rings is 1. The summed E-state index contributed by atoms with van der Waals surface area (Å²) in [5.74, 6) is 0. The number of hydrogen-bond acceptors (Lipinski definition) is 3. The van der Waals surface area contributed by atoms with Gasteiger partial charge in [0.25, 0.3) is 0 Å². The second-order valence-corrected chi connectivity index (χ2v) is 5.77. The minimum Gasteiger partial charge on any atom is -0.375 e. The van der Waals surface area contributed by atoms with Crippen LogP contribution in [0.1, 0.15) is 52.4 Å². The molecule has 0 saturated carbocycles. The van der Waals surface area contributed by atoms with E-state index in [0.29, 0.717) is 0 Å². The quantitative estimate of drug-likeness (QED) is 0.739. The first-order valence-corrected chi connectivity index (χ1v) is 6.94. The van der Waals surface area contributed by atoms with Gasteiger partial charge >= 0.3 is 0 Å². The van der Waals surface area contributed by atoms with Gasteiger partial charge in [0.2, 0.25) is 0 Å². The Balaban J connectivity index is 2.15. The number of nitrogens with zero attached hydrogens (tertiary/aromatic N) is 2. The summed E-state index contributed by atoms with van der Waals surface area (Å²) in [6, 6.07) is 2.62. The fourth-order valence-corrected chi connectivity index (χ4v) is 3.21. The molecule has 0 amide bonds. The minimum atomic E-state index is -0.260. The molecule has 2 atom stereocenters. The van der Waals surface area contributed by atoms with Gasteiger partial charge in [0.05, 0.1) is 18.3 Å². The summed E-state index contributed by atoms with van der Waals surface area (Å²) < 4.78 is 5.88. The normalized spacial score (nSPS) is 39.8. The average molecular weight is 236 g/mol. The molecule has 0 aromatic carbocycles. The van der Waals surface area contributed by atoms with Crippen molar-refractivity contribution in [2.24, 2.45) is 0 Å². The Hall–Kier alpha value is -0.590. The van der Waals surface area contributed by atoms with E-state index in [1.807, 2.05) is 0 Å². The maximum atomic E-state index is 9.67. The van der Waals surface area contributed by atoms with Crippen LogP contribution in [0.4, 0.5) is 0 Å². The molecule has 2 saturated heterocycles. The molecule has 2 aliphatic heterocycles. The van der Waals surface area contributed by atoms with Crippen molar-refractivity contribution < 1.29 is 4.74 Å². The fourth-order valence-electron chi connectivity index (χ4n) is 3.21. The third-order valence-electron chi connectivity index (χ3n) is 4.55. The number of likely N-dealkylation sites (tertiary alicyclic amines) is 1. The fraction of sp³-hybridized carbons (Fsp3) is 0.929. The van der Waals surface area contributed by atoms with Crippen LogP contribution in [0, 0.1) is 11.3 Å². The van der Waals surface area contributed by atoms with E-state index in [-0.39, 0.29) is 11.1 Å². The van der Waals surface area contributed by atoms with Crippen molar-refractivity contribution in [3.8, 4) is 6.07 Å². The van der Waals surface area contributed by atoms with Crippen molar-refractivity contribution in [1.82, 2.24) is 4.90 Å². The van der Waals surface area contributed by atoms with E-state index < -0.39 is 0 Å². The highest BCUT2D eigenvalue weighted by atomic mass is 16.5. The number of ether oxygens (including phenoxy) is 1. The van der Waals surface area contributed by atoms with Crippen molar-refractivity contribution in [2.45, 2.75) is 63.5 Å². The molecule has 0 aliphatic carbocycles. The van der Waals surface area contributed by atoms with Gasteiger partial charge in [0.1, 0.15) is 5.54 Å². The van der Waals surface area contributed by atoms with Gasteiger partial charge in [-0.05, 0) is 39.3 Å². The molecule has 0 bridgehead atoms. The van der Waals surface area contributed by atoms with Crippen LogP contribution in [0.3, 0.4) is 0 Å². The Morgan fingerprint density at radius 3 is 2.59 bits per heavy atom. The molecule has 2 unspecified atom stereocenters. The van der Waals surface area contributed by atoms with Gasteiger partial charge in [-0.1, -0.05) is 13.3 Å². The van der Waals surface area contributed by atoms with Gasteiger partial charge < -0.3 is 4.74 Å². The van der Waals surface area contributed by atoms with Crippen LogP contribution >= 0.6 is 0 Å². The largest absolute Gasteiger partial charge is 0.375 e. The monoisotopic (exact) mass is 236 g/mol. The topological polar surface area (TPSA) is 36.3 Å². The van der Waals surface area contributed by atoms with Gasteiger partial charge in [-0.3, -0.25) is 4.90 Å². The molecule has 3 heteroatoms. The van der Waals surface area contributed by atoms with E-state index in [2.05, 4.69) is 24.8 Å². The second-order valence-electron chi connectivity index (χ2n) is 5.77. The highest BCUT2D eigenvalue weighted by Gasteiger charge is 2.46. The van der Waals surface area contributed by atoms with Crippen molar-refractivity contribution in [3.63, 3.8) is 0 Å². The first-order valence-electron chi connectivity index (χ1n) is 6.94. The first-order chi connectivity index (χ1) is 8.14. The molecule has 0 spiro atoms. The summed E-state index contributed by atoms with van der Waals surface area (Å²) in [7, 11) is 0. The van der Waals surface area contributed by atoms with Crippen LogP contribution in [0.5, 0.6) is 0 Å². The van der Waals surface area contributed by atoms with Gasteiger partial charge in [-0.2, -0.15) is 5.26 Å². The summed E-state index contributed by atoms with van der Waals surface area (Å²) in [6.45, 7) is 7.22. The first kappa shape index (κ1) is 12.9. The van der Waals surface area contributed by atoms with Crippen LogP contribution in [0.2, 0.25) is 0 Å². The van der Waals surface area contributed by atoms with Crippen molar-refractivity contribution >= 4 is 0 Å². The lowest BCUT2D eigenvalue weighted by Crippen LogP contribution is -2.57. The Kier molecular flexibility index (Phi) is 3.75. The van der Waals surface area contributed by atoms with Crippen LogP contribution in [0.15, 0.2) is 0 Å². The Morgan fingerprint density at radius 2 is 2.00 bits per heavy atom. The molecule has 0 aromatic rings. The average Bonchev–Trinajstić information content (AvgIpc) is 2.40. The molecule has 0 radical (unpaired) electrons. The lowest BCUT2D eigenvalue weighted by Gasteiger charge is -2.49. The Labute approximate surface area is 105 Å². The summed E-state index contributed by atoms with van der Waals surface area (Å²) in [6.07, 6.45) is 6.54. The second kappa shape index (κ2) is 4.96. The van der Waals surface area contributed by atoms with E-state index in [0.717, 1.165) is 39.0 Å². The van der Waals surface area contributed by atoms with E-state index in [1.165, 1.54) is 19.3 Å². The predicted molar refractivity (Wildman–Crippen MR) is 67.7 cm³/mol. The number of nitriles is 1. The molecule has 0 N–H and O–H groups in total. The van der Waals surface area contributed by atoms with Crippen LogP contribution in [-0.2, 0) is 4.74 Å². The van der Waals surface area contributed by atoms with Crippen LogP contribution in [0.25, 0.3) is 0 Å². The van der Waals surface area contributed by atoms with E-state index in [1.54, 1.807) is 0 Å². The Morgan fingerprint density at radius 1 is 1.29 bits per heavy atom. The zero-order chi connectivity index (χ0) is 12.4. The SMILES string of the molecule is CCC1(C)CC(C#N)(N2CCCCC2)CCO1. The van der Waals surface area contributed by atoms with E-state index >= 15 is 0 Å². The lowest BCUT2D eigenvalue weighted by atomic mass is 9.78. The Bertz CT molecular complexity index is 306. The molecular formula is C14H24N2O. The minimum absolute atomic E-state index is 0.106. The molecule has 0 aromatic heterocycles. The number of hydrogen-bond donors (Lipinski definition) is 0. The maximum Gasteiger partial charge on any atom is 0.114 e. The zero-order valence-corrected chi connectivity index (χ0v) is 11.2. The highest BCUT2D eigenvalue weighted by Crippen LogP contribution is 2.39. The molecule has 2 aliphatic rings. The van der Waals surface area contributed by atoms with Crippen LogP contribution in [-0.4, -0.2) is 35.7 Å². The summed E-state index contributed by atoms with van der Waals surface area (Å²) >= 11 is 0. The van der Waals surface area contributed by atoms with Crippen molar-refractivity contribution in [1.29, 1.82) is 5.26 Å². The maximum absolute atomic E-state index is 9.67. The third kappa shape index (κ3) is 2.48.